The molecule has 1 atom stereocenters. The van der Waals surface area contributed by atoms with E-state index in [0.717, 1.165) is 0 Å². The number of anilines is 1. The maximum Gasteiger partial charge on any atom is 0.324 e. The van der Waals surface area contributed by atoms with E-state index in [4.69, 9.17) is 9.84 Å². The highest BCUT2D eigenvalue weighted by Crippen LogP contribution is 2.27. The van der Waals surface area contributed by atoms with Gasteiger partial charge in [0.25, 0.3) is 5.91 Å². The lowest BCUT2D eigenvalue weighted by atomic mass is 9.97. The van der Waals surface area contributed by atoms with E-state index >= 15 is 0 Å². The molecule has 0 spiro atoms. The van der Waals surface area contributed by atoms with Crippen LogP contribution in [0.5, 0.6) is 5.75 Å². The first-order valence-corrected chi connectivity index (χ1v) is 5.88. The Morgan fingerprint density at radius 3 is 2.35 bits per heavy atom. The summed E-state index contributed by atoms with van der Waals surface area (Å²) in [6, 6.07) is 6.57. The van der Waals surface area contributed by atoms with E-state index in [1.807, 2.05) is 0 Å². The lowest BCUT2D eigenvalue weighted by Gasteiger charge is -2.29. The highest BCUT2D eigenvalue weighted by molar-refractivity contribution is 6.26. The van der Waals surface area contributed by atoms with Crippen molar-refractivity contribution in [3.05, 3.63) is 36.0 Å². The number of rotatable bonds is 3. The third kappa shape index (κ3) is 2.27. The van der Waals surface area contributed by atoms with E-state index in [2.05, 4.69) is 0 Å². The van der Waals surface area contributed by atoms with E-state index < -0.39 is 23.6 Å². The van der Waals surface area contributed by atoms with Crippen LogP contribution in [0.2, 0.25) is 0 Å². The maximum absolute atomic E-state index is 12.2. The van der Waals surface area contributed by atoms with Gasteiger partial charge in [0.2, 0.25) is 0 Å². The summed E-state index contributed by atoms with van der Waals surface area (Å²) in [5.74, 6) is -3.97. The average molecular weight is 275 g/mol. The molecule has 1 aliphatic heterocycles. The third-order valence-electron chi connectivity index (χ3n) is 3.03. The lowest BCUT2D eigenvalue weighted by molar-refractivity contribution is -0.149. The second-order valence-electron chi connectivity index (χ2n) is 4.33. The van der Waals surface area contributed by atoms with Crippen molar-refractivity contribution in [3.8, 4) is 5.75 Å². The summed E-state index contributed by atoms with van der Waals surface area (Å²) in [7, 11) is 1.52. The molecule has 1 aromatic rings. The minimum atomic E-state index is -1.68. The van der Waals surface area contributed by atoms with E-state index in [-0.39, 0.29) is 0 Å². The van der Waals surface area contributed by atoms with Gasteiger partial charge in [-0.15, -0.1) is 0 Å². The van der Waals surface area contributed by atoms with Gasteiger partial charge in [0.1, 0.15) is 5.75 Å². The number of ether oxygens (including phenoxy) is 1. The van der Waals surface area contributed by atoms with Gasteiger partial charge in [0, 0.05) is 17.5 Å². The summed E-state index contributed by atoms with van der Waals surface area (Å²) < 4.78 is 5.02. The number of benzene rings is 1. The lowest BCUT2D eigenvalue weighted by Crippen LogP contribution is -2.45. The van der Waals surface area contributed by atoms with Crippen LogP contribution < -0.4 is 9.64 Å². The molecule has 0 saturated heterocycles. The average Bonchev–Trinajstić information content (AvgIpc) is 2.38. The first-order valence-electron chi connectivity index (χ1n) is 5.88. The predicted molar refractivity (Wildman–Crippen MR) is 70.4 cm³/mol. The van der Waals surface area contributed by atoms with Crippen LogP contribution in [-0.4, -0.2) is 29.9 Å². The first kappa shape index (κ1) is 13.8. The van der Waals surface area contributed by atoms with Crippen molar-refractivity contribution in [2.75, 3.05) is 12.0 Å². The second kappa shape index (κ2) is 5.16. The molecule has 1 unspecified atom stereocenters. The summed E-state index contributed by atoms with van der Waals surface area (Å²) in [5.41, 5.74) is 0.881. The van der Waals surface area contributed by atoms with Crippen molar-refractivity contribution in [2.45, 2.75) is 6.92 Å². The second-order valence-corrected chi connectivity index (χ2v) is 4.33. The Labute approximate surface area is 115 Å². The van der Waals surface area contributed by atoms with Crippen molar-refractivity contribution in [3.63, 3.8) is 0 Å². The molecular weight excluding hydrogens is 262 g/mol. The van der Waals surface area contributed by atoms with Gasteiger partial charge in [0.15, 0.2) is 11.7 Å². The SMILES string of the molecule is COc1ccc(N2C(=O)C(C(=O)O)C(=O)C=C2C)cc1. The van der Waals surface area contributed by atoms with Crippen LogP contribution in [-0.2, 0) is 14.4 Å². The molecule has 1 aromatic carbocycles. The number of hydrogen-bond donors (Lipinski definition) is 1. The summed E-state index contributed by atoms with van der Waals surface area (Å²) in [4.78, 5) is 36.1. The number of amides is 1. The topological polar surface area (TPSA) is 83.9 Å². The molecule has 6 heteroatoms. The molecule has 0 aliphatic carbocycles. The molecule has 0 fully saturated rings. The van der Waals surface area contributed by atoms with Crippen molar-refractivity contribution in [2.24, 2.45) is 5.92 Å². The fourth-order valence-corrected chi connectivity index (χ4v) is 2.07. The van der Waals surface area contributed by atoms with Crippen LogP contribution in [0.1, 0.15) is 6.92 Å². The predicted octanol–water partition coefficient (Wildman–Crippen LogP) is 1.22. The molecule has 0 bridgehead atoms. The normalized spacial score (nSPS) is 18.8. The van der Waals surface area contributed by atoms with Crippen LogP contribution in [0.15, 0.2) is 36.0 Å². The number of allylic oxidation sites excluding steroid dienone is 2. The van der Waals surface area contributed by atoms with E-state index in [1.165, 1.54) is 18.1 Å². The molecule has 0 aromatic heterocycles. The molecule has 20 heavy (non-hydrogen) atoms. The minimum Gasteiger partial charge on any atom is -0.497 e. The van der Waals surface area contributed by atoms with Gasteiger partial charge in [-0.3, -0.25) is 19.3 Å². The zero-order chi connectivity index (χ0) is 14.9. The molecule has 6 nitrogen and oxygen atoms in total. The molecule has 0 radical (unpaired) electrons. The van der Waals surface area contributed by atoms with Gasteiger partial charge >= 0.3 is 5.97 Å². The fourth-order valence-electron chi connectivity index (χ4n) is 2.07. The largest absolute Gasteiger partial charge is 0.497 e. The number of carbonyl (C=O) groups excluding carboxylic acids is 2. The molecule has 1 N–H and O–H groups in total. The Kier molecular flexibility index (Phi) is 3.56. The summed E-state index contributed by atoms with van der Waals surface area (Å²) in [6.07, 6.45) is 1.17. The third-order valence-corrected chi connectivity index (χ3v) is 3.03. The number of methoxy groups -OCH3 is 1. The van der Waals surface area contributed by atoms with Gasteiger partial charge in [-0.05, 0) is 31.2 Å². The van der Waals surface area contributed by atoms with Crippen molar-refractivity contribution in [1.82, 2.24) is 0 Å². The molecular formula is C14H13NO5. The quantitative estimate of drug-likeness (QED) is 0.838. The Morgan fingerprint density at radius 1 is 1.25 bits per heavy atom. The standard InChI is InChI=1S/C14H13NO5/c1-8-7-11(16)12(14(18)19)13(17)15(8)9-3-5-10(20-2)6-4-9/h3-7,12H,1-2H3,(H,18,19). The van der Waals surface area contributed by atoms with Gasteiger partial charge in [-0.1, -0.05) is 0 Å². The maximum atomic E-state index is 12.2. The number of carboxylic acid groups (broad SMARTS) is 1. The van der Waals surface area contributed by atoms with Crippen LogP contribution in [0.3, 0.4) is 0 Å². The highest BCUT2D eigenvalue weighted by atomic mass is 16.5. The monoisotopic (exact) mass is 275 g/mol. The summed E-state index contributed by atoms with van der Waals surface area (Å²) >= 11 is 0. The van der Waals surface area contributed by atoms with Gasteiger partial charge in [-0.25, -0.2) is 0 Å². The number of carbonyl (C=O) groups is 3. The van der Waals surface area contributed by atoms with Gasteiger partial charge in [0.05, 0.1) is 7.11 Å². The number of ketones is 1. The number of carboxylic acids is 1. The highest BCUT2D eigenvalue weighted by Gasteiger charge is 2.40. The Bertz CT molecular complexity index is 602. The number of hydrogen-bond acceptors (Lipinski definition) is 4. The van der Waals surface area contributed by atoms with E-state index in [0.29, 0.717) is 17.1 Å². The Hall–Kier alpha value is -2.63. The summed E-state index contributed by atoms with van der Waals surface area (Å²) in [5, 5.41) is 8.99. The van der Waals surface area contributed by atoms with Gasteiger partial charge in [-0.2, -0.15) is 0 Å². The van der Waals surface area contributed by atoms with Crippen LogP contribution in [0.4, 0.5) is 5.69 Å². The van der Waals surface area contributed by atoms with Crippen molar-refractivity contribution < 1.29 is 24.2 Å². The molecule has 0 saturated carbocycles. The first-order chi connectivity index (χ1) is 9.45. The number of aliphatic carboxylic acids is 1. The zero-order valence-electron chi connectivity index (χ0n) is 11.0. The van der Waals surface area contributed by atoms with Crippen LogP contribution in [0, 0.1) is 5.92 Å². The van der Waals surface area contributed by atoms with Crippen LogP contribution in [0.25, 0.3) is 0 Å². The van der Waals surface area contributed by atoms with E-state index in [1.54, 1.807) is 31.2 Å². The van der Waals surface area contributed by atoms with E-state index in [9.17, 15) is 14.4 Å². The summed E-state index contributed by atoms with van der Waals surface area (Å²) in [6.45, 7) is 1.58. The van der Waals surface area contributed by atoms with Gasteiger partial charge < -0.3 is 9.84 Å². The molecule has 1 heterocycles. The fraction of sp³-hybridized carbons (Fsp3) is 0.214. The Balaban J connectivity index is 2.43. The molecule has 104 valence electrons. The zero-order valence-corrected chi connectivity index (χ0v) is 11.0. The molecule has 1 amide bonds. The van der Waals surface area contributed by atoms with Crippen molar-refractivity contribution >= 4 is 23.3 Å². The smallest absolute Gasteiger partial charge is 0.324 e. The van der Waals surface area contributed by atoms with Crippen molar-refractivity contribution in [1.29, 1.82) is 0 Å². The minimum absolute atomic E-state index is 0.391. The van der Waals surface area contributed by atoms with Crippen LogP contribution >= 0.6 is 0 Å². The Morgan fingerprint density at radius 2 is 1.85 bits per heavy atom. The molecule has 1 aliphatic rings. The number of nitrogens with zero attached hydrogens (tertiary/aromatic N) is 1. The molecule has 2 rings (SSSR count).